The fraction of sp³-hybridized carbons (Fsp3) is 0.238. The molecule has 0 aromatic carbocycles. The SMILES string of the molecule is CCN(Cc1cccnc1)C(=O)c1cc2ccc(-c3cn[nH]c3)nc2n1CC. The highest BCUT2D eigenvalue weighted by Gasteiger charge is 2.21. The minimum atomic E-state index is -0.00364. The number of fused-ring (bicyclic) bond motifs is 1. The van der Waals surface area contributed by atoms with E-state index in [1.807, 2.05) is 59.8 Å². The lowest BCUT2D eigenvalue weighted by atomic mass is 10.2. The van der Waals surface area contributed by atoms with Crippen molar-refractivity contribution in [1.29, 1.82) is 0 Å². The Morgan fingerprint density at radius 1 is 1.21 bits per heavy atom. The molecule has 4 aromatic rings. The maximum Gasteiger partial charge on any atom is 0.270 e. The Kier molecular flexibility index (Phi) is 4.89. The van der Waals surface area contributed by atoms with Gasteiger partial charge in [0.1, 0.15) is 11.3 Å². The van der Waals surface area contributed by atoms with E-state index in [1.165, 1.54) is 0 Å². The number of amides is 1. The van der Waals surface area contributed by atoms with Gasteiger partial charge in [-0.1, -0.05) is 6.07 Å². The van der Waals surface area contributed by atoms with Crippen LogP contribution in [0.1, 0.15) is 29.9 Å². The third kappa shape index (κ3) is 3.26. The lowest BCUT2D eigenvalue weighted by Crippen LogP contribution is -2.32. The lowest BCUT2D eigenvalue weighted by molar-refractivity contribution is 0.0742. The van der Waals surface area contributed by atoms with Gasteiger partial charge in [0.2, 0.25) is 0 Å². The predicted molar refractivity (Wildman–Crippen MR) is 108 cm³/mol. The highest BCUT2D eigenvalue weighted by molar-refractivity contribution is 5.98. The van der Waals surface area contributed by atoms with Crippen LogP contribution in [-0.2, 0) is 13.1 Å². The molecule has 0 saturated heterocycles. The number of H-pyrrole nitrogens is 1. The Bertz CT molecular complexity index is 1090. The van der Waals surface area contributed by atoms with E-state index in [1.54, 1.807) is 18.6 Å². The molecule has 0 aliphatic heterocycles. The summed E-state index contributed by atoms with van der Waals surface area (Å²) in [4.78, 5) is 24.0. The van der Waals surface area contributed by atoms with Crippen LogP contribution in [0.15, 0.2) is 55.1 Å². The predicted octanol–water partition coefficient (Wildman–Crippen LogP) is 3.50. The number of hydrogen-bond acceptors (Lipinski definition) is 4. The number of aromatic amines is 1. The molecule has 0 saturated carbocycles. The molecule has 0 bridgehead atoms. The second kappa shape index (κ2) is 7.64. The topological polar surface area (TPSA) is 79.7 Å². The molecule has 0 aliphatic rings. The zero-order chi connectivity index (χ0) is 19.5. The van der Waals surface area contributed by atoms with Crippen LogP contribution in [-0.4, -0.2) is 42.1 Å². The average Bonchev–Trinajstić information content (AvgIpc) is 3.39. The molecule has 0 unspecified atom stereocenters. The fourth-order valence-corrected chi connectivity index (χ4v) is 3.38. The summed E-state index contributed by atoms with van der Waals surface area (Å²) in [6.45, 7) is 5.83. The maximum atomic E-state index is 13.3. The third-order valence-corrected chi connectivity index (χ3v) is 4.84. The first-order chi connectivity index (χ1) is 13.7. The summed E-state index contributed by atoms with van der Waals surface area (Å²) in [7, 11) is 0. The van der Waals surface area contributed by atoms with Gasteiger partial charge in [0, 0.05) is 49.2 Å². The number of aromatic nitrogens is 5. The van der Waals surface area contributed by atoms with E-state index in [2.05, 4.69) is 15.2 Å². The zero-order valence-electron chi connectivity index (χ0n) is 16.0. The first-order valence-corrected chi connectivity index (χ1v) is 9.38. The van der Waals surface area contributed by atoms with Gasteiger partial charge in [-0.25, -0.2) is 4.98 Å². The fourth-order valence-electron chi connectivity index (χ4n) is 3.38. The van der Waals surface area contributed by atoms with Gasteiger partial charge in [-0.15, -0.1) is 0 Å². The third-order valence-electron chi connectivity index (χ3n) is 4.84. The van der Waals surface area contributed by atoms with Gasteiger partial charge >= 0.3 is 0 Å². The number of aryl methyl sites for hydroxylation is 1. The Balaban J connectivity index is 1.71. The molecule has 142 valence electrons. The first-order valence-electron chi connectivity index (χ1n) is 9.38. The van der Waals surface area contributed by atoms with Gasteiger partial charge in [-0.05, 0) is 43.7 Å². The highest BCUT2D eigenvalue weighted by Crippen LogP contribution is 2.24. The van der Waals surface area contributed by atoms with Gasteiger partial charge in [0.15, 0.2) is 0 Å². The summed E-state index contributed by atoms with van der Waals surface area (Å²) in [5, 5.41) is 7.76. The van der Waals surface area contributed by atoms with E-state index >= 15 is 0 Å². The molecular weight excluding hydrogens is 352 g/mol. The van der Waals surface area contributed by atoms with E-state index in [9.17, 15) is 4.79 Å². The Labute approximate surface area is 163 Å². The molecule has 28 heavy (non-hydrogen) atoms. The van der Waals surface area contributed by atoms with Crippen molar-refractivity contribution in [2.24, 2.45) is 0 Å². The highest BCUT2D eigenvalue weighted by atomic mass is 16.2. The number of carbonyl (C=O) groups excluding carboxylic acids is 1. The zero-order valence-corrected chi connectivity index (χ0v) is 16.0. The normalized spacial score (nSPS) is 11.1. The van der Waals surface area contributed by atoms with Crippen LogP contribution in [0.25, 0.3) is 22.3 Å². The molecule has 1 N–H and O–H groups in total. The standard InChI is InChI=1S/C21H22N6O/c1-3-26(14-15-6-5-9-22-11-15)21(28)19-10-16-7-8-18(17-12-23-24-13-17)25-20(16)27(19)4-2/h5-13H,3-4,14H2,1-2H3,(H,23,24). The molecule has 7 heteroatoms. The molecule has 0 aliphatic carbocycles. The van der Waals surface area contributed by atoms with Crippen LogP contribution >= 0.6 is 0 Å². The molecule has 4 heterocycles. The smallest absolute Gasteiger partial charge is 0.270 e. The minimum absolute atomic E-state index is 0.00364. The number of pyridine rings is 2. The molecule has 0 spiro atoms. The van der Waals surface area contributed by atoms with Crippen LogP contribution in [0.4, 0.5) is 0 Å². The van der Waals surface area contributed by atoms with E-state index in [-0.39, 0.29) is 5.91 Å². The van der Waals surface area contributed by atoms with Crippen LogP contribution in [0.3, 0.4) is 0 Å². The molecule has 0 atom stereocenters. The Morgan fingerprint density at radius 2 is 2.11 bits per heavy atom. The molecule has 7 nitrogen and oxygen atoms in total. The van der Waals surface area contributed by atoms with Crippen molar-refractivity contribution in [1.82, 2.24) is 29.6 Å². The molecule has 1 amide bonds. The number of hydrogen-bond donors (Lipinski definition) is 1. The maximum absolute atomic E-state index is 13.3. The number of rotatable bonds is 6. The summed E-state index contributed by atoms with van der Waals surface area (Å²) in [6, 6.07) is 9.76. The quantitative estimate of drug-likeness (QED) is 0.560. The van der Waals surface area contributed by atoms with E-state index < -0.39 is 0 Å². The van der Waals surface area contributed by atoms with Crippen molar-refractivity contribution in [3.05, 3.63) is 66.4 Å². The van der Waals surface area contributed by atoms with Crippen molar-refractivity contribution < 1.29 is 4.79 Å². The summed E-state index contributed by atoms with van der Waals surface area (Å²) in [5.74, 6) is -0.00364. The average molecular weight is 374 g/mol. The Morgan fingerprint density at radius 3 is 2.79 bits per heavy atom. The van der Waals surface area contributed by atoms with Gasteiger partial charge < -0.3 is 9.47 Å². The van der Waals surface area contributed by atoms with E-state index in [0.29, 0.717) is 25.3 Å². The number of nitrogens with zero attached hydrogens (tertiary/aromatic N) is 5. The van der Waals surface area contributed by atoms with Gasteiger partial charge in [-0.3, -0.25) is 14.9 Å². The van der Waals surface area contributed by atoms with Crippen molar-refractivity contribution in [3.63, 3.8) is 0 Å². The summed E-state index contributed by atoms with van der Waals surface area (Å²) in [5.41, 5.74) is 4.22. The minimum Gasteiger partial charge on any atom is -0.333 e. The van der Waals surface area contributed by atoms with Crippen molar-refractivity contribution in [3.8, 4) is 11.3 Å². The van der Waals surface area contributed by atoms with E-state index in [4.69, 9.17) is 4.98 Å². The van der Waals surface area contributed by atoms with Gasteiger partial charge in [0.25, 0.3) is 5.91 Å². The van der Waals surface area contributed by atoms with Crippen molar-refractivity contribution >= 4 is 16.9 Å². The number of nitrogens with one attached hydrogen (secondary N) is 1. The van der Waals surface area contributed by atoms with Crippen LogP contribution < -0.4 is 0 Å². The summed E-state index contributed by atoms with van der Waals surface area (Å²) in [6.07, 6.45) is 7.09. The second-order valence-electron chi connectivity index (χ2n) is 6.55. The first kappa shape index (κ1) is 17.9. The van der Waals surface area contributed by atoms with Crippen LogP contribution in [0, 0.1) is 0 Å². The monoisotopic (exact) mass is 374 g/mol. The van der Waals surface area contributed by atoms with Crippen LogP contribution in [0.5, 0.6) is 0 Å². The van der Waals surface area contributed by atoms with Crippen LogP contribution in [0.2, 0.25) is 0 Å². The molecule has 0 radical (unpaired) electrons. The summed E-state index contributed by atoms with van der Waals surface area (Å²) >= 11 is 0. The largest absolute Gasteiger partial charge is 0.333 e. The van der Waals surface area contributed by atoms with Gasteiger partial charge in [0.05, 0.1) is 11.9 Å². The molecule has 4 rings (SSSR count). The molecule has 4 aromatic heterocycles. The van der Waals surface area contributed by atoms with E-state index in [0.717, 1.165) is 27.9 Å². The lowest BCUT2D eigenvalue weighted by Gasteiger charge is -2.21. The van der Waals surface area contributed by atoms with Crippen molar-refractivity contribution in [2.75, 3.05) is 6.54 Å². The molecular formula is C21H22N6O. The second-order valence-corrected chi connectivity index (χ2v) is 6.55. The van der Waals surface area contributed by atoms with Crippen molar-refractivity contribution in [2.45, 2.75) is 26.9 Å². The summed E-state index contributed by atoms with van der Waals surface area (Å²) < 4.78 is 1.98. The molecule has 0 fully saturated rings. The Hall–Kier alpha value is -3.48. The number of carbonyl (C=O) groups is 1. The van der Waals surface area contributed by atoms with Gasteiger partial charge in [-0.2, -0.15) is 5.10 Å².